The molecule has 0 saturated carbocycles. The summed E-state index contributed by atoms with van der Waals surface area (Å²) >= 11 is 0. The molecule has 1 aromatic rings. The highest BCUT2D eigenvalue weighted by Gasteiger charge is 2.32. The molecule has 0 N–H and O–H groups in total. The van der Waals surface area contributed by atoms with Gasteiger partial charge in [-0.2, -0.15) is 13.2 Å². The summed E-state index contributed by atoms with van der Waals surface area (Å²) in [6.45, 7) is 5.93. The van der Waals surface area contributed by atoms with Crippen LogP contribution in [-0.4, -0.2) is 13.1 Å². The van der Waals surface area contributed by atoms with E-state index in [9.17, 15) is 13.2 Å². The molecule has 1 heterocycles. The van der Waals surface area contributed by atoms with Crippen molar-refractivity contribution in [2.24, 2.45) is 0 Å². The maximum Gasteiger partial charge on any atom is 0.417 e. The number of halogens is 3. The van der Waals surface area contributed by atoms with Gasteiger partial charge < -0.3 is 0 Å². The molecule has 0 spiro atoms. The first-order chi connectivity index (χ1) is 7.20. The Morgan fingerprint density at radius 3 is 2.38 bits per heavy atom. The first-order valence-corrected chi connectivity index (χ1v) is 8.24. The summed E-state index contributed by atoms with van der Waals surface area (Å²) in [5.41, 5.74) is 2.14. The lowest BCUT2D eigenvalue weighted by Crippen LogP contribution is -2.16. The van der Waals surface area contributed by atoms with Crippen molar-refractivity contribution < 1.29 is 13.2 Å². The SMILES string of the molecule is C[Si](C)(C)C#Cc1cnccc1C(F)(F)F. The molecule has 0 aliphatic heterocycles. The molecule has 0 aliphatic carbocycles. The van der Waals surface area contributed by atoms with Gasteiger partial charge in [0.05, 0.1) is 11.1 Å². The second-order valence-electron chi connectivity index (χ2n) is 4.42. The Bertz CT molecular complexity index is 435. The Morgan fingerprint density at radius 2 is 1.88 bits per heavy atom. The Labute approximate surface area is 93.7 Å². The van der Waals surface area contributed by atoms with Crippen LogP contribution in [0.2, 0.25) is 19.6 Å². The molecular formula is C11H12F3NSi. The van der Waals surface area contributed by atoms with Crippen LogP contribution in [0, 0.1) is 11.5 Å². The molecule has 86 valence electrons. The van der Waals surface area contributed by atoms with Gasteiger partial charge in [-0.25, -0.2) is 0 Å². The van der Waals surface area contributed by atoms with Crippen molar-refractivity contribution in [3.8, 4) is 11.5 Å². The fraction of sp³-hybridized carbons (Fsp3) is 0.364. The van der Waals surface area contributed by atoms with Crippen LogP contribution in [0.3, 0.4) is 0 Å². The van der Waals surface area contributed by atoms with Crippen LogP contribution in [0.25, 0.3) is 0 Å². The number of hydrogen-bond acceptors (Lipinski definition) is 1. The van der Waals surface area contributed by atoms with E-state index in [2.05, 4.69) is 16.4 Å². The zero-order chi connectivity index (χ0) is 12.4. The summed E-state index contributed by atoms with van der Waals surface area (Å²) in [6, 6.07) is 0.953. The lowest BCUT2D eigenvalue weighted by Gasteiger charge is -2.08. The van der Waals surface area contributed by atoms with Gasteiger partial charge in [0.15, 0.2) is 0 Å². The van der Waals surface area contributed by atoms with Crippen molar-refractivity contribution in [2.45, 2.75) is 25.8 Å². The summed E-state index contributed by atoms with van der Waals surface area (Å²) < 4.78 is 37.8. The highest BCUT2D eigenvalue weighted by Crippen LogP contribution is 2.30. The number of alkyl halides is 3. The molecule has 0 bridgehead atoms. The van der Waals surface area contributed by atoms with Gasteiger partial charge in [-0.05, 0) is 6.07 Å². The molecule has 1 nitrogen and oxygen atoms in total. The minimum Gasteiger partial charge on any atom is -0.263 e. The van der Waals surface area contributed by atoms with Crippen LogP contribution < -0.4 is 0 Å². The van der Waals surface area contributed by atoms with Gasteiger partial charge in [-0.1, -0.05) is 25.6 Å². The largest absolute Gasteiger partial charge is 0.417 e. The molecule has 0 fully saturated rings. The standard InChI is InChI=1S/C11H12F3NSi/c1-16(2,3)7-5-9-8-15-6-4-10(9)11(12,13)14/h4,6,8H,1-3H3. The molecule has 0 aliphatic rings. The number of aromatic nitrogens is 1. The lowest BCUT2D eigenvalue weighted by atomic mass is 10.1. The van der Waals surface area contributed by atoms with E-state index < -0.39 is 19.8 Å². The average molecular weight is 243 g/mol. The van der Waals surface area contributed by atoms with E-state index in [1.807, 2.05) is 19.6 Å². The van der Waals surface area contributed by atoms with Gasteiger partial charge in [0.1, 0.15) is 8.07 Å². The van der Waals surface area contributed by atoms with E-state index in [-0.39, 0.29) is 5.56 Å². The van der Waals surface area contributed by atoms with Gasteiger partial charge in [-0.3, -0.25) is 4.98 Å². The monoisotopic (exact) mass is 243 g/mol. The summed E-state index contributed by atoms with van der Waals surface area (Å²) in [4.78, 5) is 3.67. The Balaban J connectivity index is 3.19. The van der Waals surface area contributed by atoms with Gasteiger partial charge >= 0.3 is 6.18 Å². The minimum atomic E-state index is -4.37. The molecule has 5 heteroatoms. The molecule has 1 rings (SSSR count). The summed E-state index contributed by atoms with van der Waals surface area (Å²) in [6.07, 6.45) is -2.08. The maximum atomic E-state index is 12.6. The second-order valence-corrected chi connectivity index (χ2v) is 9.17. The van der Waals surface area contributed by atoms with Gasteiger partial charge in [0.2, 0.25) is 0 Å². The number of pyridine rings is 1. The molecule has 0 saturated heterocycles. The fourth-order valence-corrected chi connectivity index (χ4v) is 1.51. The predicted octanol–water partition coefficient (Wildman–Crippen LogP) is 3.33. The minimum absolute atomic E-state index is 0.0441. The van der Waals surface area contributed by atoms with Crippen LogP contribution in [0.15, 0.2) is 18.5 Å². The normalized spacial score (nSPS) is 11.9. The first kappa shape index (κ1) is 12.8. The van der Waals surface area contributed by atoms with Crippen molar-refractivity contribution in [1.29, 1.82) is 0 Å². The maximum absolute atomic E-state index is 12.6. The molecule has 0 aromatic carbocycles. The van der Waals surface area contributed by atoms with Crippen molar-refractivity contribution in [3.63, 3.8) is 0 Å². The lowest BCUT2D eigenvalue weighted by molar-refractivity contribution is -0.137. The molecule has 0 atom stereocenters. The van der Waals surface area contributed by atoms with E-state index >= 15 is 0 Å². The number of rotatable bonds is 0. The third-order valence-electron chi connectivity index (χ3n) is 1.70. The quantitative estimate of drug-likeness (QED) is 0.503. The zero-order valence-electron chi connectivity index (χ0n) is 9.31. The first-order valence-electron chi connectivity index (χ1n) is 4.74. The van der Waals surface area contributed by atoms with Crippen LogP contribution in [0.4, 0.5) is 13.2 Å². The van der Waals surface area contributed by atoms with Crippen molar-refractivity contribution in [1.82, 2.24) is 4.98 Å². The Hall–Kier alpha value is -1.28. The summed E-state index contributed by atoms with van der Waals surface area (Å²) in [5.74, 6) is 2.59. The van der Waals surface area contributed by atoms with Crippen molar-refractivity contribution >= 4 is 8.07 Å². The van der Waals surface area contributed by atoms with E-state index in [0.29, 0.717) is 0 Å². The summed E-state index contributed by atoms with van der Waals surface area (Å²) in [5, 5.41) is 0. The van der Waals surface area contributed by atoms with E-state index in [1.54, 1.807) is 0 Å². The van der Waals surface area contributed by atoms with E-state index in [1.165, 1.54) is 0 Å². The van der Waals surface area contributed by atoms with Crippen LogP contribution in [0.5, 0.6) is 0 Å². The number of nitrogens with zero attached hydrogens (tertiary/aromatic N) is 1. The molecule has 0 unspecified atom stereocenters. The van der Waals surface area contributed by atoms with E-state index in [4.69, 9.17) is 0 Å². The highest BCUT2D eigenvalue weighted by molar-refractivity contribution is 6.83. The van der Waals surface area contributed by atoms with Crippen LogP contribution >= 0.6 is 0 Å². The average Bonchev–Trinajstić information content (AvgIpc) is 2.12. The summed E-state index contributed by atoms with van der Waals surface area (Å²) in [7, 11) is -1.68. The Kier molecular flexibility index (Phi) is 3.43. The third kappa shape index (κ3) is 3.70. The van der Waals surface area contributed by atoms with Gasteiger partial charge in [0.25, 0.3) is 0 Å². The fourth-order valence-electron chi connectivity index (χ4n) is 0.996. The van der Waals surface area contributed by atoms with Crippen LogP contribution in [-0.2, 0) is 6.18 Å². The van der Waals surface area contributed by atoms with Gasteiger partial charge in [0, 0.05) is 12.4 Å². The van der Waals surface area contributed by atoms with E-state index in [0.717, 1.165) is 18.5 Å². The molecule has 0 radical (unpaired) electrons. The Morgan fingerprint density at radius 1 is 1.25 bits per heavy atom. The molecule has 0 amide bonds. The van der Waals surface area contributed by atoms with Gasteiger partial charge in [-0.15, -0.1) is 5.54 Å². The predicted molar refractivity (Wildman–Crippen MR) is 59.5 cm³/mol. The third-order valence-corrected chi connectivity index (χ3v) is 2.57. The second kappa shape index (κ2) is 4.30. The van der Waals surface area contributed by atoms with Crippen LogP contribution in [0.1, 0.15) is 11.1 Å². The van der Waals surface area contributed by atoms with Crippen molar-refractivity contribution in [3.05, 3.63) is 29.6 Å². The molecular weight excluding hydrogens is 231 g/mol. The van der Waals surface area contributed by atoms with Crippen molar-refractivity contribution in [2.75, 3.05) is 0 Å². The number of hydrogen-bond donors (Lipinski definition) is 0. The smallest absolute Gasteiger partial charge is 0.263 e. The molecule has 16 heavy (non-hydrogen) atoms. The topological polar surface area (TPSA) is 12.9 Å². The molecule has 1 aromatic heterocycles. The zero-order valence-corrected chi connectivity index (χ0v) is 10.3. The highest BCUT2D eigenvalue weighted by atomic mass is 28.3.